The molecule has 16 unspecified atom stereocenters. The molecule has 10 heterocycles. The van der Waals surface area contributed by atoms with Crippen molar-refractivity contribution >= 4 is 94.8 Å². The molecule has 2 aromatic rings. The molecule has 0 radical (unpaired) electrons. The van der Waals surface area contributed by atoms with Gasteiger partial charge in [-0.1, -0.05) is 67.5 Å². The molecule has 16 atom stereocenters. The molecule has 4 fully saturated rings. The predicted molar refractivity (Wildman–Crippen MR) is 402 cm³/mol. The van der Waals surface area contributed by atoms with E-state index >= 15 is 0 Å². The quantitative estimate of drug-likeness (QED) is 0.0243. The summed E-state index contributed by atoms with van der Waals surface area (Å²) >= 11 is 0. The fourth-order valence-corrected chi connectivity index (χ4v) is 14.5. The average molecular weight is 1630 g/mol. The van der Waals surface area contributed by atoms with Crippen molar-refractivity contribution in [2.45, 2.75) is 143 Å². The number of likely N-dealkylation sites (tertiary alicyclic amines) is 2. The zero-order chi connectivity index (χ0) is 85.1. The molecule has 0 spiro atoms. The largest absolute Gasteiger partial charge is 0.466 e. The van der Waals surface area contributed by atoms with Crippen molar-refractivity contribution in [2.24, 2.45) is 93.9 Å². The Balaban J connectivity index is 0.000000259. The van der Waals surface area contributed by atoms with Crippen LogP contribution in [0.3, 0.4) is 0 Å². The van der Waals surface area contributed by atoms with Crippen molar-refractivity contribution in [2.75, 3.05) is 92.2 Å². The van der Waals surface area contributed by atoms with Gasteiger partial charge in [0.15, 0.2) is 0 Å². The Labute approximate surface area is 671 Å². The summed E-state index contributed by atoms with van der Waals surface area (Å²) in [7, 11) is 0. The molecule has 36 heteroatoms. The topological polar surface area (TPSA) is 509 Å². The SMILES string of the molecule is CCC(CC(C)C(=O)OCC12C=CC(O1)C1C(=O)N(CCOCCOCCN3C(=O)C4C5C=CC(COC(=O)C(C)CC(CC)C(N)=O)(O5)C4C3=O)C(=O)C12)C(N)=O.CCC(CC(C)C(=O)OCc1ccco1)C(N)=O.CCC(CC(C)C(=O)OCc1ccco1)C(N)=O.O=C1C=CC(=O)N1CCOCCOCCN1C(=O)C=CC1=O. The number of hydrogen-bond acceptors (Lipinski definition) is 28. The van der Waals surface area contributed by atoms with Gasteiger partial charge in [0, 0.05) is 48.0 Å². The van der Waals surface area contributed by atoms with Gasteiger partial charge in [0.1, 0.15) is 49.2 Å². The molecule has 10 rings (SSSR count). The first-order chi connectivity index (χ1) is 55.3. The zero-order valence-electron chi connectivity index (χ0n) is 66.7. The smallest absolute Gasteiger partial charge is 0.309 e. The summed E-state index contributed by atoms with van der Waals surface area (Å²) in [4.78, 5) is 198. The van der Waals surface area contributed by atoms with Crippen LogP contribution in [0.4, 0.5) is 0 Å². The Bertz CT molecular complexity index is 3670. The van der Waals surface area contributed by atoms with Gasteiger partial charge in [-0.15, -0.1) is 0 Å². The maximum absolute atomic E-state index is 13.5. The van der Waals surface area contributed by atoms with E-state index in [0.29, 0.717) is 63.3 Å². The van der Waals surface area contributed by atoms with Crippen LogP contribution in [0.1, 0.15) is 118 Å². The molecule has 116 heavy (non-hydrogen) atoms. The Morgan fingerprint density at radius 1 is 0.397 bits per heavy atom. The van der Waals surface area contributed by atoms with E-state index in [0.717, 1.165) is 19.6 Å². The van der Waals surface area contributed by atoms with Gasteiger partial charge in [0.05, 0.1) is 151 Å². The van der Waals surface area contributed by atoms with Crippen LogP contribution in [-0.2, 0) is 137 Å². The van der Waals surface area contributed by atoms with Crippen LogP contribution in [-0.4, -0.2) is 230 Å². The molecule has 8 aliphatic rings. The highest BCUT2D eigenvalue weighted by atomic mass is 16.6. The number of rotatable bonds is 46. The first-order valence-electron chi connectivity index (χ1n) is 39.0. The lowest BCUT2D eigenvalue weighted by Gasteiger charge is -2.29. The molecule has 4 saturated heterocycles. The molecule has 8 N–H and O–H groups in total. The number of primary amides is 4. The average Bonchev–Trinajstić information content (AvgIpc) is 1.55. The summed E-state index contributed by atoms with van der Waals surface area (Å²) in [5, 5.41) is 0. The minimum absolute atomic E-state index is 0.00471. The summed E-state index contributed by atoms with van der Waals surface area (Å²) < 4.78 is 65.3. The molecule has 0 saturated carbocycles. The molecule has 0 aliphatic carbocycles. The number of ether oxygens (including phenoxy) is 10. The number of hydrogen-bond donors (Lipinski definition) is 4. The van der Waals surface area contributed by atoms with E-state index in [1.807, 2.05) is 27.7 Å². The second kappa shape index (κ2) is 44.1. The van der Waals surface area contributed by atoms with E-state index in [-0.39, 0.29) is 176 Å². The number of amides is 12. The third-order valence-corrected chi connectivity index (χ3v) is 21.4. The highest BCUT2D eigenvalue weighted by molar-refractivity contribution is 6.13. The Morgan fingerprint density at radius 2 is 0.672 bits per heavy atom. The number of esters is 4. The number of fused-ring (bicyclic) bond motifs is 10. The summed E-state index contributed by atoms with van der Waals surface area (Å²) in [6.45, 7) is 15.6. The molecule has 0 aromatic carbocycles. The number of nitrogens with two attached hydrogens (primary N) is 4. The third-order valence-electron chi connectivity index (χ3n) is 21.4. The fraction of sp³-hybridized carbons (Fsp3) is 0.600. The standard InChI is InChI=1S/C40H54N4O14.C14H16N2O6.2C13H19NO4/c1-5-23(31(41)45)17-21(3)37(51)55-19-39-9-7-25(57-39)27-29(39)35(49)43(33(27)47)11-13-53-15-16-54-14-12-44-34(48)28-26-8-10-40(58-26,30(28)36(44)50)20-56-38(52)22(4)18-24(6-2)32(42)46;17-11-1-2-12(18)15(11)5-7-21-9-10-22-8-6-16-13(19)3-4-14(16)20;2*1-3-10(12(14)15)7-9(2)13(16)18-8-11-5-4-6-17-11/h7-10,21-30H,5-6,11-20H2,1-4H3,(H2,41,45)(H2,42,46);1-4H,5-10H2;2*4-6,9-10H,3,7-8H2,1-2H3,(H2,14,15). The highest BCUT2D eigenvalue weighted by Crippen LogP contribution is 2.53. The Hall–Kier alpha value is -10.4. The number of carbonyl (C=O) groups excluding carboxylic acids is 16. The zero-order valence-corrected chi connectivity index (χ0v) is 66.7. The Morgan fingerprint density at radius 3 is 0.931 bits per heavy atom. The maximum atomic E-state index is 13.5. The van der Waals surface area contributed by atoms with Gasteiger partial charge >= 0.3 is 23.9 Å². The highest BCUT2D eigenvalue weighted by Gasteiger charge is 2.69. The van der Waals surface area contributed by atoms with Crippen LogP contribution >= 0.6 is 0 Å². The van der Waals surface area contributed by atoms with Gasteiger partial charge in [0.2, 0.25) is 47.3 Å². The van der Waals surface area contributed by atoms with E-state index in [4.69, 9.17) is 79.1 Å². The summed E-state index contributed by atoms with van der Waals surface area (Å²) in [5.41, 5.74) is 18.8. The molecule has 36 nitrogen and oxygen atoms in total. The number of nitrogens with zero attached hydrogens (tertiary/aromatic N) is 4. The lowest BCUT2D eigenvalue weighted by Crippen LogP contribution is -2.45. The van der Waals surface area contributed by atoms with E-state index in [1.54, 1.807) is 76.3 Å². The number of imide groups is 4. The summed E-state index contributed by atoms with van der Waals surface area (Å²) in [6, 6.07) is 6.92. The second-order valence-electron chi connectivity index (χ2n) is 29.4. The molecule has 2 aromatic heterocycles. The van der Waals surface area contributed by atoms with Gasteiger partial charge in [-0.2, -0.15) is 0 Å². The van der Waals surface area contributed by atoms with Crippen LogP contribution in [0.2, 0.25) is 0 Å². The van der Waals surface area contributed by atoms with E-state index < -0.39 is 118 Å². The first kappa shape index (κ1) is 92.8. The van der Waals surface area contributed by atoms with Crippen molar-refractivity contribution in [3.05, 3.63) is 96.9 Å². The normalized spacial score (nSPS) is 23.7. The van der Waals surface area contributed by atoms with Gasteiger partial charge < -0.3 is 79.1 Å². The van der Waals surface area contributed by atoms with Gasteiger partial charge in [-0.3, -0.25) is 96.3 Å². The lowest BCUT2D eigenvalue weighted by molar-refractivity contribution is -0.160. The van der Waals surface area contributed by atoms with E-state index in [2.05, 4.69) is 0 Å². The maximum Gasteiger partial charge on any atom is 0.309 e. The summed E-state index contributed by atoms with van der Waals surface area (Å²) in [5.74, 6) is -11.9. The number of furan rings is 2. The van der Waals surface area contributed by atoms with Gasteiger partial charge in [-0.25, -0.2) is 0 Å². The summed E-state index contributed by atoms with van der Waals surface area (Å²) in [6.07, 6.45) is 17.0. The molecular formula is C80H108N8O28. The van der Waals surface area contributed by atoms with Crippen LogP contribution < -0.4 is 22.9 Å². The Kier molecular flexibility index (Phi) is 35.2. The molecule has 8 aliphatic heterocycles. The lowest BCUT2D eigenvalue weighted by atomic mass is 9.77. The van der Waals surface area contributed by atoms with Gasteiger partial charge in [0.25, 0.3) is 23.6 Å². The third kappa shape index (κ3) is 24.4. The minimum atomic E-state index is -1.27. The van der Waals surface area contributed by atoms with E-state index in [1.165, 1.54) is 36.8 Å². The number of carbonyl (C=O) groups is 16. The fourth-order valence-electron chi connectivity index (χ4n) is 14.5. The van der Waals surface area contributed by atoms with Crippen molar-refractivity contribution in [3.8, 4) is 0 Å². The van der Waals surface area contributed by atoms with Crippen molar-refractivity contribution in [1.29, 1.82) is 0 Å². The molecule has 12 amide bonds. The van der Waals surface area contributed by atoms with Gasteiger partial charge in [-0.05, 0) is 87.8 Å². The van der Waals surface area contributed by atoms with Crippen LogP contribution in [0.5, 0.6) is 0 Å². The molecular weight excluding hydrogens is 1520 g/mol. The first-order valence-corrected chi connectivity index (χ1v) is 39.0. The molecule has 4 bridgehead atoms. The van der Waals surface area contributed by atoms with Crippen LogP contribution in [0.25, 0.3) is 0 Å². The van der Waals surface area contributed by atoms with Crippen molar-refractivity contribution in [1.82, 2.24) is 19.6 Å². The predicted octanol–water partition coefficient (Wildman–Crippen LogP) is 2.39. The monoisotopic (exact) mass is 1630 g/mol. The van der Waals surface area contributed by atoms with Crippen molar-refractivity contribution < 1.29 is 133 Å². The van der Waals surface area contributed by atoms with Crippen LogP contribution in [0, 0.1) is 71.0 Å². The van der Waals surface area contributed by atoms with Crippen molar-refractivity contribution in [3.63, 3.8) is 0 Å². The molecule has 636 valence electrons. The second-order valence-corrected chi connectivity index (χ2v) is 29.4. The van der Waals surface area contributed by atoms with Crippen LogP contribution in [0.15, 0.2) is 94.2 Å². The minimum Gasteiger partial charge on any atom is -0.466 e. The van der Waals surface area contributed by atoms with E-state index in [9.17, 15) is 76.7 Å².